The summed E-state index contributed by atoms with van der Waals surface area (Å²) in [5.41, 5.74) is 3.53. The molecule has 152 valence electrons. The van der Waals surface area contributed by atoms with Gasteiger partial charge in [0, 0.05) is 27.7 Å². The van der Waals surface area contributed by atoms with E-state index in [4.69, 9.17) is 23.2 Å². The van der Waals surface area contributed by atoms with Crippen LogP contribution in [0.1, 0.15) is 42.7 Å². The van der Waals surface area contributed by atoms with Gasteiger partial charge in [-0.05, 0) is 60.8 Å². The van der Waals surface area contributed by atoms with Gasteiger partial charge >= 0.3 is 0 Å². The highest BCUT2D eigenvalue weighted by Gasteiger charge is 2.33. The minimum Gasteiger partial charge on any atom is -0.356 e. The van der Waals surface area contributed by atoms with Crippen molar-refractivity contribution >= 4 is 29.1 Å². The first-order valence-electron chi connectivity index (χ1n) is 9.99. The molecule has 3 N–H and O–H groups in total. The third kappa shape index (κ3) is 4.45. The van der Waals surface area contributed by atoms with Crippen LogP contribution in [0, 0.1) is 5.92 Å². The summed E-state index contributed by atoms with van der Waals surface area (Å²) in [6, 6.07) is 15.9. The van der Waals surface area contributed by atoms with E-state index in [0.29, 0.717) is 28.0 Å². The van der Waals surface area contributed by atoms with Crippen LogP contribution in [0.5, 0.6) is 0 Å². The fourth-order valence-corrected chi connectivity index (χ4v) is 4.99. The average Bonchev–Trinajstić information content (AvgIpc) is 2.72. The summed E-state index contributed by atoms with van der Waals surface area (Å²) in [5, 5.41) is 16.8. The summed E-state index contributed by atoms with van der Waals surface area (Å²) in [6.45, 7) is 0. The molecule has 1 fully saturated rings. The summed E-state index contributed by atoms with van der Waals surface area (Å²) in [6.07, 6.45) is 3.28. The maximum atomic E-state index is 12.7. The summed E-state index contributed by atoms with van der Waals surface area (Å²) >= 11 is 12.7. The smallest absolute Gasteiger partial charge is 0.252 e. The number of halogens is 2. The summed E-state index contributed by atoms with van der Waals surface area (Å²) < 4.78 is 0. The summed E-state index contributed by atoms with van der Waals surface area (Å²) in [4.78, 5) is 12.7. The van der Waals surface area contributed by atoms with Gasteiger partial charge in [-0.3, -0.25) is 4.79 Å². The Hall–Kier alpha value is -2.01. The Labute approximate surface area is 180 Å². The van der Waals surface area contributed by atoms with Crippen molar-refractivity contribution in [3.63, 3.8) is 0 Å². The second-order valence-electron chi connectivity index (χ2n) is 7.75. The average molecular weight is 431 g/mol. The third-order valence-corrected chi connectivity index (χ3v) is 6.69. The van der Waals surface area contributed by atoms with Gasteiger partial charge in [0.2, 0.25) is 6.35 Å². The van der Waals surface area contributed by atoms with Gasteiger partial charge in [-0.15, -0.1) is 0 Å². The Morgan fingerprint density at radius 3 is 2.14 bits per heavy atom. The van der Waals surface area contributed by atoms with Crippen molar-refractivity contribution in [1.82, 2.24) is 10.6 Å². The van der Waals surface area contributed by atoms with Crippen molar-refractivity contribution in [3.05, 3.63) is 81.0 Å². The molecule has 0 aromatic heterocycles. The molecule has 4 rings (SSSR count). The van der Waals surface area contributed by atoms with E-state index >= 15 is 0 Å². The monoisotopic (exact) mass is 430 g/mol. The highest BCUT2D eigenvalue weighted by atomic mass is 35.5. The van der Waals surface area contributed by atoms with E-state index < -0.39 is 6.35 Å². The zero-order valence-electron chi connectivity index (χ0n) is 16.0. The molecule has 0 saturated heterocycles. The molecular weight excluding hydrogens is 407 g/mol. The maximum absolute atomic E-state index is 12.7. The Morgan fingerprint density at radius 2 is 1.48 bits per heavy atom. The predicted molar refractivity (Wildman–Crippen MR) is 116 cm³/mol. The molecular formula is C23H24Cl2N2O2. The second-order valence-corrected chi connectivity index (χ2v) is 8.56. The van der Waals surface area contributed by atoms with E-state index in [-0.39, 0.29) is 11.8 Å². The zero-order valence-corrected chi connectivity index (χ0v) is 17.5. The lowest BCUT2D eigenvalue weighted by atomic mass is 9.76. The summed E-state index contributed by atoms with van der Waals surface area (Å²) in [7, 11) is 0. The minimum absolute atomic E-state index is 0.201. The zero-order chi connectivity index (χ0) is 20.4. The Bertz CT molecular complexity index is 901. The SMILES string of the molecule is O=C1NC(O)NC(C2CCC(c3ccccc3)CC2)=C1Cc1c(Cl)cccc1Cl. The molecule has 1 aliphatic heterocycles. The lowest BCUT2D eigenvalue weighted by Gasteiger charge is -2.35. The Kier molecular flexibility index (Phi) is 6.14. The predicted octanol–water partition coefficient (Wildman–Crippen LogP) is 4.76. The maximum Gasteiger partial charge on any atom is 0.252 e. The van der Waals surface area contributed by atoms with Crippen molar-refractivity contribution in [3.8, 4) is 0 Å². The van der Waals surface area contributed by atoms with Gasteiger partial charge in [0.05, 0.1) is 0 Å². The molecule has 2 aliphatic rings. The Balaban J connectivity index is 1.58. The quantitative estimate of drug-likeness (QED) is 0.654. The van der Waals surface area contributed by atoms with Gasteiger partial charge in [-0.25, -0.2) is 0 Å². The van der Waals surface area contributed by atoms with Crippen LogP contribution in [0.15, 0.2) is 59.8 Å². The van der Waals surface area contributed by atoms with Gasteiger partial charge in [-0.2, -0.15) is 0 Å². The minimum atomic E-state index is -1.07. The van der Waals surface area contributed by atoms with Gasteiger partial charge in [0.15, 0.2) is 0 Å². The van der Waals surface area contributed by atoms with E-state index in [2.05, 4.69) is 34.9 Å². The van der Waals surface area contributed by atoms with E-state index in [0.717, 1.165) is 36.9 Å². The van der Waals surface area contributed by atoms with Gasteiger partial charge in [-0.1, -0.05) is 59.6 Å². The van der Waals surface area contributed by atoms with Crippen molar-refractivity contribution in [1.29, 1.82) is 0 Å². The molecule has 29 heavy (non-hydrogen) atoms. The normalized spacial score (nSPS) is 24.8. The molecule has 2 aromatic rings. The molecule has 1 saturated carbocycles. The van der Waals surface area contributed by atoms with E-state index in [1.165, 1.54) is 5.56 Å². The Morgan fingerprint density at radius 1 is 0.862 bits per heavy atom. The number of carbonyl (C=O) groups excluding carboxylic acids is 1. The van der Waals surface area contributed by atoms with Crippen LogP contribution >= 0.6 is 23.2 Å². The number of aliphatic hydroxyl groups excluding tert-OH is 1. The standard InChI is InChI=1S/C23H24Cl2N2O2/c24-19-7-4-8-20(25)17(19)13-18-21(26-23(29)27-22(18)28)16-11-9-15(10-12-16)14-5-2-1-3-6-14/h1-8,15-16,23,26,29H,9-13H2,(H,27,28). The van der Waals surface area contributed by atoms with Crippen LogP contribution < -0.4 is 10.6 Å². The molecule has 1 atom stereocenters. The highest BCUT2D eigenvalue weighted by molar-refractivity contribution is 6.36. The van der Waals surface area contributed by atoms with Crippen LogP contribution in [0.25, 0.3) is 0 Å². The van der Waals surface area contributed by atoms with Crippen molar-refractivity contribution < 1.29 is 9.90 Å². The molecule has 2 aromatic carbocycles. The summed E-state index contributed by atoms with van der Waals surface area (Å²) in [5.74, 6) is 0.469. The number of carbonyl (C=O) groups is 1. The van der Waals surface area contributed by atoms with Crippen LogP contribution in [-0.4, -0.2) is 17.4 Å². The molecule has 4 nitrogen and oxygen atoms in total. The van der Waals surface area contributed by atoms with Crippen molar-refractivity contribution in [2.75, 3.05) is 0 Å². The third-order valence-electron chi connectivity index (χ3n) is 5.98. The number of allylic oxidation sites excluding steroid dienone is 1. The fraction of sp³-hybridized carbons (Fsp3) is 0.348. The van der Waals surface area contributed by atoms with Crippen LogP contribution in [-0.2, 0) is 11.2 Å². The van der Waals surface area contributed by atoms with Gasteiger partial charge in [0.25, 0.3) is 5.91 Å². The molecule has 0 bridgehead atoms. The first-order valence-corrected chi connectivity index (χ1v) is 10.7. The second kappa shape index (κ2) is 8.78. The highest BCUT2D eigenvalue weighted by Crippen LogP contribution is 2.40. The molecule has 1 heterocycles. The molecule has 1 aliphatic carbocycles. The number of rotatable bonds is 4. The molecule has 1 unspecified atom stereocenters. The van der Waals surface area contributed by atoms with Crippen LogP contribution in [0.3, 0.4) is 0 Å². The van der Waals surface area contributed by atoms with E-state index in [1.54, 1.807) is 18.2 Å². The van der Waals surface area contributed by atoms with Crippen LogP contribution in [0.4, 0.5) is 0 Å². The van der Waals surface area contributed by atoms with Crippen LogP contribution in [0.2, 0.25) is 10.0 Å². The van der Waals surface area contributed by atoms with Gasteiger partial charge in [0.1, 0.15) is 0 Å². The number of benzene rings is 2. The fourth-order valence-electron chi connectivity index (χ4n) is 4.46. The van der Waals surface area contributed by atoms with Crippen molar-refractivity contribution in [2.24, 2.45) is 5.92 Å². The molecule has 0 spiro atoms. The number of hydrogen-bond donors (Lipinski definition) is 3. The van der Waals surface area contributed by atoms with Gasteiger partial charge < -0.3 is 15.7 Å². The first-order chi connectivity index (χ1) is 14.0. The molecule has 1 amide bonds. The number of hydrogen-bond acceptors (Lipinski definition) is 3. The lowest BCUT2D eigenvalue weighted by Crippen LogP contribution is -2.52. The van der Waals surface area contributed by atoms with E-state index in [1.807, 2.05) is 6.07 Å². The lowest BCUT2D eigenvalue weighted by molar-refractivity contribution is -0.122. The number of nitrogens with one attached hydrogen (secondary N) is 2. The topological polar surface area (TPSA) is 61.4 Å². The molecule has 0 radical (unpaired) electrons. The number of amides is 1. The number of aliphatic hydroxyl groups is 1. The first kappa shape index (κ1) is 20.3. The van der Waals surface area contributed by atoms with Crippen molar-refractivity contribution in [2.45, 2.75) is 44.4 Å². The largest absolute Gasteiger partial charge is 0.356 e. The van der Waals surface area contributed by atoms with E-state index in [9.17, 15) is 9.90 Å². The molecule has 6 heteroatoms.